The molecule has 1 N–H and O–H groups in total. The van der Waals surface area contributed by atoms with Crippen LogP contribution in [0.15, 0.2) is 18.2 Å². The summed E-state index contributed by atoms with van der Waals surface area (Å²) in [6, 6.07) is 6.26. The van der Waals surface area contributed by atoms with Gasteiger partial charge in [0.05, 0.1) is 0 Å². The van der Waals surface area contributed by atoms with Crippen LogP contribution in [-0.4, -0.2) is 35.4 Å². The highest BCUT2D eigenvalue weighted by Crippen LogP contribution is 2.62. The SMILES string of the molecule is Cc1ccc(O)cc1CCC1C(=O)CCC23CN(C)C(C)C2CCC13. The molecule has 1 aromatic carbocycles. The highest BCUT2D eigenvalue weighted by molar-refractivity contribution is 5.82. The van der Waals surface area contributed by atoms with Gasteiger partial charge < -0.3 is 10.0 Å². The van der Waals surface area contributed by atoms with Gasteiger partial charge in [0.1, 0.15) is 11.5 Å². The molecule has 0 amide bonds. The summed E-state index contributed by atoms with van der Waals surface area (Å²) in [5.74, 6) is 2.40. The van der Waals surface area contributed by atoms with Gasteiger partial charge >= 0.3 is 0 Å². The number of likely N-dealkylation sites (tertiary alicyclic amines) is 1. The van der Waals surface area contributed by atoms with E-state index in [4.69, 9.17) is 0 Å². The molecule has 1 aliphatic heterocycles. The van der Waals surface area contributed by atoms with Crippen LogP contribution >= 0.6 is 0 Å². The van der Waals surface area contributed by atoms with Crippen molar-refractivity contribution in [2.24, 2.45) is 23.2 Å². The van der Waals surface area contributed by atoms with E-state index in [0.717, 1.165) is 31.6 Å². The summed E-state index contributed by atoms with van der Waals surface area (Å²) in [7, 11) is 2.26. The first kappa shape index (κ1) is 17.1. The monoisotopic (exact) mass is 341 g/mol. The molecule has 1 saturated heterocycles. The zero-order valence-electron chi connectivity index (χ0n) is 15.8. The molecule has 4 rings (SSSR count). The molecular weight excluding hydrogens is 310 g/mol. The number of hydrogen-bond donors (Lipinski definition) is 1. The molecule has 3 fully saturated rings. The van der Waals surface area contributed by atoms with E-state index in [9.17, 15) is 9.90 Å². The Morgan fingerprint density at radius 1 is 1.28 bits per heavy atom. The van der Waals surface area contributed by atoms with Gasteiger partial charge in [0.2, 0.25) is 0 Å². The number of nitrogens with zero attached hydrogens (tertiary/aromatic N) is 1. The number of carbonyl (C=O) groups is 1. The minimum Gasteiger partial charge on any atom is -0.508 e. The number of hydrogen-bond acceptors (Lipinski definition) is 3. The molecule has 2 aliphatic carbocycles. The molecule has 5 unspecified atom stereocenters. The second kappa shape index (κ2) is 6.12. The molecule has 1 aromatic rings. The largest absolute Gasteiger partial charge is 0.508 e. The van der Waals surface area contributed by atoms with Crippen molar-refractivity contribution in [3.05, 3.63) is 29.3 Å². The molecule has 5 atom stereocenters. The average Bonchev–Trinajstić information content (AvgIpc) is 3.05. The number of carbonyl (C=O) groups excluding carboxylic acids is 1. The summed E-state index contributed by atoms with van der Waals surface area (Å²) in [4.78, 5) is 15.3. The molecule has 0 bridgehead atoms. The summed E-state index contributed by atoms with van der Waals surface area (Å²) >= 11 is 0. The number of phenolic OH excluding ortho intramolecular Hbond substituents is 1. The zero-order chi connectivity index (χ0) is 17.8. The number of ketones is 1. The minimum atomic E-state index is 0.221. The third-order valence-corrected chi connectivity index (χ3v) is 7.88. The van der Waals surface area contributed by atoms with Gasteiger partial charge in [-0.2, -0.15) is 0 Å². The quantitative estimate of drug-likeness (QED) is 0.905. The molecule has 3 heteroatoms. The lowest BCUT2D eigenvalue weighted by molar-refractivity contribution is -0.131. The number of Topliss-reactive ketones (excluding diaryl/α,β-unsaturated/α-hetero) is 1. The fourth-order valence-corrected chi connectivity index (χ4v) is 6.50. The van der Waals surface area contributed by atoms with Crippen molar-refractivity contribution in [2.45, 2.75) is 58.4 Å². The molecule has 1 spiro atoms. The van der Waals surface area contributed by atoms with Crippen molar-refractivity contribution >= 4 is 5.78 Å². The Morgan fingerprint density at radius 3 is 2.84 bits per heavy atom. The van der Waals surface area contributed by atoms with Gasteiger partial charge in [-0.3, -0.25) is 4.79 Å². The lowest BCUT2D eigenvalue weighted by Gasteiger charge is -2.44. The predicted molar refractivity (Wildman–Crippen MR) is 99.6 cm³/mol. The topological polar surface area (TPSA) is 40.5 Å². The third kappa shape index (κ3) is 2.63. The molecule has 0 aromatic heterocycles. The smallest absolute Gasteiger partial charge is 0.136 e. The van der Waals surface area contributed by atoms with Gasteiger partial charge in [-0.1, -0.05) is 6.07 Å². The summed E-state index contributed by atoms with van der Waals surface area (Å²) < 4.78 is 0. The summed E-state index contributed by atoms with van der Waals surface area (Å²) in [6.45, 7) is 5.65. The van der Waals surface area contributed by atoms with Crippen molar-refractivity contribution in [3.63, 3.8) is 0 Å². The van der Waals surface area contributed by atoms with Crippen LogP contribution in [0.25, 0.3) is 0 Å². The fourth-order valence-electron chi connectivity index (χ4n) is 6.50. The molecule has 136 valence electrons. The second-order valence-electron chi connectivity index (χ2n) is 8.90. The third-order valence-electron chi connectivity index (χ3n) is 7.88. The Labute approximate surface area is 151 Å². The molecule has 3 aliphatic rings. The van der Waals surface area contributed by atoms with Crippen molar-refractivity contribution in [3.8, 4) is 5.75 Å². The molecule has 0 radical (unpaired) electrons. The highest BCUT2D eigenvalue weighted by atomic mass is 16.3. The summed E-state index contributed by atoms with van der Waals surface area (Å²) in [6.07, 6.45) is 6.26. The van der Waals surface area contributed by atoms with Crippen LogP contribution in [0.4, 0.5) is 0 Å². The lowest BCUT2D eigenvalue weighted by atomic mass is 9.59. The fraction of sp³-hybridized carbons (Fsp3) is 0.682. The molecule has 2 saturated carbocycles. The van der Waals surface area contributed by atoms with E-state index in [-0.39, 0.29) is 5.92 Å². The van der Waals surface area contributed by atoms with E-state index in [1.165, 1.54) is 30.5 Å². The Hall–Kier alpha value is -1.35. The van der Waals surface area contributed by atoms with E-state index >= 15 is 0 Å². The Balaban J connectivity index is 1.55. The molecule has 3 nitrogen and oxygen atoms in total. The first-order valence-electron chi connectivity index (χ1n) is 9.94. The van der Waals surface area contributed by atoms with Crippen LogP contribution in [0.2, 0.25) is 0 Å². The van der Waals surface area contributed by atoms with Gasteiger partial charge in [-0.05, 0) is 93.5 Å². The van der Waals surface area contributed by atoms with Crippen LogP contribution < -0.4 is 0 Å². The van der Waals surface area contributed by atoms with E-state index < -0.39 is 0 Å². The normalized spacial score (nSPS) is 38.0. The van der Waals surface area contributed by atoms with Gasteiger partial charge in [0, 0.05) is 24.9 Å². The highest BCUT2D eigenvalue weighted by Gasteiger charge is 2.61. The van der Waals surface area contributed by atoms with Gasteiger partial charge in [0.15, 0.2) is 0 Å². The van der Waals surface area contributed by atoms with Crippen molar-refractivity contribution < 1.29 is 9.90 Å². The van der Waals surface area contributed by atoms with Gasteiger partial charge in [0.25, 0.3) is 0 Å². The lowest BCUT2D eigenvalue weighted by Crippen LogP contribution is -2.44. The number of phenols is 1. The summed E-state index contributed by atoms with van der Waals surface area (Å²) in [5, 5.41) is 9.78. The first-order valence-corrected chi connectivity index (χ1v) is 9.94. The van der Waals surface area contributed by atoms with Crippen LogP contribution in [0.1, 0.15) is 50.2 Å². The van der Waals surface area contributed by atoms with E-state index in [1.54, 1.807) is 6.07 Å². The Morgan fingerprint density at radius 2 is 2.04 bits per heavy atom. The number of rotatable bonds is 3. The number of aromatic hydroxyl groups is 1. The van der Waals surface area contributed by atoms with E-state index in [2.05, 4.69) is 25.8 Å². The van der Waals surface area contributed by atoms with E-state index in [0.29, 0.717) is 28.9 Å². The maximum atomic E-state index is 12.8. The second-order valence-corrected chi connectivity index (χ2v) is 8.90. The van der Waals surface area contributed by atoms with Crippen molar-refractivity contribution in [1.29, 1.82) is 0 Å². The van der Waals surface area contributed by atoms with Crippen LogP contribution in [-0.2, 0) is 11.2 Å². The Kier molecular flexibility index (Phi) is 4.18. The zero-order valence-corrected chi connectivity index (χ0v) is 15.8. The predicted octanol–water partition coefficient (Wildman–Crippen LogP) is 3.96. The van der Waals surface area contributed by atoms with Crippen LogP contribution in [0.3, 0.4) is 0 Å². The molecule has 25 heavy (non-hydrogen) atoms. The van der Waals surface area contributed by atoms with Crippen molar-refractivity contribution in [2.75, 3.05) is 13.6 Å². The van der Waals surface area contributed by atoms with E-state index in [1.807, 2.05) is 12.1 Å². The maximum absolute atomic E-state index is 12.8. The van der Waals surface area contributed by atoms with Gasteiger partial charge in [-0.15, -0.1) is 0 Å². The summed E-state index contributed by atoms with van der Waals surface area (Å²) in [5.41, 5.74) is 2.80. The number of benzene rings is 1. The number of aryl methyl sites for hydroxylation is 2. The minimum absolute atomic E-state index is 0.221. The molecule has 1 heterocycles. The average molecular weight is 341 g/mol. The first-order chi connectivity index (χ1) is 11.9. The Bertz CT molecular complexity index is 685. The van der Waals surface area contributed by atoms with Crippen LogP contribution in [0.5, 0.6) is 5.75 Å². The standard InChI is InChI=1S/C22H31NO2/c1-14-4-6-17(24)12-16(14)5-7-18-20-9-8-19-15(2)23(3)13-22(19,20)11-10-21(18)25/h4,6,12,15,18-20,24H,5,7-11,13H2,1-3H3. The van der Waals surface area contributed by atoms with Gasteiger partial charge in [-0.25, -0.2) is 0 Å². The molecular formula is C22H31NO2. The van der Waals surface area contributed by atoms with Crippen molar-refractivity contribution in [1.82, 2.24) is 4.90 Å². The maximum Gasteiger partial charge on any atom is 0.136 e. The van der Waals surface area contributed by atoms with Crippen LogP contribution in [0, 0.1) is 30.1 Å².